The van der Waals surface area contributed by atoms with Crippen molar-refractivity contribution < 1.29 is 14.3 Å². The lowest BCUT2D eigenvalue weighted by Crippen LogP contribution is -2.34. The number of benzene rings is 1. The molecule has 1 heterocycles. The molecule has 0 bridgehead atoms. The van der Waals surface area contributed by atoms with E-state index in [1.807, 2.05) is 56.4 Å². The maximum absolute atomic E-state index is 12.4. The van der Waals surface area contributed by atoms with E-state index in [9.17, 15) is 9.59 Å². The monoisotopic (exact) mass is 295 g/mol. The molecule has 0 fully saturated rings. The molecule has 4 nitrogen and oxygen atoms in total. The lowest BCUT2D eigenvalue weighted by molar-refractivity contribution is -0.145. The third kappa shape index (κ3) is 2.60. The van der Waals surface area contributed by atoms with E-state index in [1.165, 1.54) is 0 Å². The second-order valence-corrected chi connectivity index (χ2v) is 5.50. The molecule has 1 aliphatic carbocycles. The normalized spacial score (nSPS) is 22.6. The molecule has 0 radical (unpaired) electrons. The van der Waals surface area contributed by atoms with Gasteiger partial charge in [-0.25, -0.2) is 4.79 Å². The summed E-state index contributed by atoms with van der Waals surface area (Å²) in [5, 5.41) is 2.80. The number of rotatable bonds is 2. The summed E-state index contributed by atoms with van der Waals surface area (Å²) in [5.74, 6) is -1.09. The number of esters is 1. The number of carbonyl (C=O) groups excluding carboxylic acids is 2. The van der Waals surface area contributed by atoms with Crippen LogP contribution >= 0.6 is 0 Å². The number of hydrogen-bond donors (Lipinski definition) is 1. The summed E-state index contributed by atoms with van der Waals surface area (Å²) in [7, 11) is 0. The number of ether oxygens (including phenoxy) is 1. The van der Waals surface area contributed by atoms with E-state index in [0.29, 0.717) is 5.69 Å². The Hall–Kier alpha value is -2.62. The molecule has 0 spiro atoms. The van der Waals surface area contributed by atoms with Crippen LogP contribution in [0.15, 0.2) is 54.2 Å². The van der Waals surface area contributed by atoms with Crippen LogP contribution in [-0.2, 0) is 14.3 Å². The first-order valence-corrected chi connectivity index (χ1v) is 7.21. The third-order valence-electron chi connectivity index (χ3n) is 4.04. The SMILES string of the molecule is Cc1cccc(NC(=O)C2=C[C@H]3C=CC=C[C@@H]3OC2=O)c1C. The molecule has 3 rings (SSSR count). The van der Waals surface area contributed by atoms with E-state index in [0.717, 1.165) is 11.1 Å². The summed E-state index contributed by atoms with van der Waals surface area (Å²) in [6.07, 6.45) is 8.83. The van der Waals surface area contributed by atoms with Crippen molar-refractivity contribution in [2.24, 2.45) is 5.92 Å². The number of aryl methyl sites for hydroxylation is 1. The maximum Gasteiger partial charge on any atom is 0.344 e. The zero-order chi connectivity index (χ0) is 15.7. The zero-order valence-corrected chi connectivity index (χ0v) is 12.5. The van der Waals surface area contributed by atoms with Crippen molar-refractivity contribution in [2.75, 3.05) is 5.32 Å². The first kappa shape index (κ1) is 14.3. The van der Waals surface area contributed by atoms with Gasteiger partial charge in [0.05, 0.1) is 0 Å². The van der Waals surface area contributed by atoms with Crippen LogP contribution in [0.5, 0.6) is 0 Å². The molecule has 0 unspecified atom stereocenters. The molecule has 0 saturated carbocycles. The van der Waals surface area contributed by atoms with E-state index in [1.54, 1.807) is 6.08 Å². The highest BCUT2D eigenvalue weighted by atomic mass is 16.5. The number of fused-ring (bicyclic) bond motifs is 1. The summed E-state index contributed by atoms with van der Waals surface area (Å²) in [6.45, 7) is 3.91. The molecule has 1 N–H and O–H groups in total. The van der Waals surface area contributed by atoms with Crippen LogP contribution in [0.3, 0.4) is 0 Å². The molecule has 0 aromatic heterocycles. The van der Waals surface area contributed by atoms with Crippen LogP contribution in [0, 0.1) is 19.8 Å². The van der Waals surface area contributed by atoms with Crippen LogP contribution in [0.1, 0.15) is 11.1 Å². The summed E-state index contributed by atoms with van der Waals surface area (Å²) in [4.78, 5) is 24.4. The number of amides is 1. The van der Waals surface area contributed by atoms with E-state index < -0.39 is 11.9 Å². The number of allylic oxidation sites excluding steroid dienone is 2. The molecule has 0 saturated heterocycles. The zero-order valence-electron chi connectivity index (χ0n) is 12.5. The minimum atomic E-state index is -0.580. The van der Waals surface area contributed by atoms with Crippen molar-refractivity contribution in [2.45, 2.75) is 20.0 Å². The first-order chi connectivity index (χ1) is 10.6. The van der Waals surface area contributed by atoms with Crippen molar-refractivity contribution in [1.82, 2.24) is 0 Å². The topological polar surface area (TPSA) is 55.4 Å². The average molecular weight is 295 g/mol. The molecule has 1 aliphatic heterocycles. The van der Waals surface area contributed by atoms with Gasteiger partial charge in [-0.2, -0.15) is 0 Å². The Morgan fingerprint density at radius 2 is 1.95 bits per heavy atom. The fraction of sp³-hybridized carbons (Fsp3) is 0.222. The van der Waals surface area contributed by atoms with E-state index in [4.69, 9.17) is 4.74 Å². The molecule has 1 aromatic carbocycles. The van der Waals surface area contributed by atoms with Gasteiger partial charge in [0.1, 0.15) is 11.7 Å². The number of hydrogen-bond acceptors (Lipinski definition) is 3. The summed E-state index contributed by atoms with van der Waals surface area (Å²) in [5.41, 5.74) is 2.83. The number of anilines is 1. The highest BCUT2D eigenvalue weighted by Gasteiger charge is 2.32. The van der Waals surface area contributed by atoms with Crippen molar-refractivity contribution in [3.63, 3.8) is 0 Å². The Balaban J connectivity index is 1.84. The second kappa shape index (κ2) is 5.64. The molecule has 2 aliphatic rings. The van der Waals surface area contributed by atoms with Crippen LogP contribution in [-0.4, -0.2) is 18.0 Å². The van der Waals surface area contributed by atoms with Gasteiger partial charge in [0.25, 0.3) is 5.91 Å². The summed E-state index contributed by atoms with van der Waals surface area (Å²) < 4.78 is 5.31. The van der Waals surface area contributed by atoms with E-state index in [2.05, 4.69) is 5.32 Å². The van der Waals surface area contributed by atoms with Crippen LogP contribution in [0.4, 0.5) is 5.69 Å². The summed E-state index contributed by atoms with van der Waals surface area (Å²) >= 11 is 0. The minimum Gasteiger partial charge on any atom is -0.453 e. The highest BCUT2D eigenvalue weighted by molar-refractivity contribution is 6.21. The standard InChI is InChI=1S/C18H17NO3/c1-11-6-5-8-15(12(11)2)19-17(20)14-10-13-7-3-4-9-16(13)22-18(14)21/h3-10,13,16H,1-2H3,(H,19,20)/t13-,16+/m1/s1. The van der Waals surface area contributed by atoms with Gasteiger partial charge in [0, 0.05) is 11.6 Å². The molecule has 1 aromatic rings. The van der Waals surface area contributed by atoms with Crippen molar-refractivity contribution >= 4 is 17.6 Å². The Bertz CT molecular complexity index is 728. The highest BCUT2D eigenvalue weighted by Crippen LogP contribution is 2.26. The van der Waals surface area contributed by atoms with Gasteiger partial charge in [0.15, 0.2) is 0 Å². The Kier molecular flexibility index (Phi) is 3.67. The largest absolute Gasteiger partial charge is 0.453 e. The van der Waals surface area contributed by atoms with Gasteiger partial charge in [-0.1, -0.05) is 36.4 Å². The van der Waals surface area contributed by atoms with E-state index >= 15 is 0 Å². The smallest absolute Gasteiger partial charge is 0.344 e. The second-order valence-electron chi connectivity index (χ2n) is 5.50. The van der Waals surface area contributed by atoms with Gasteiger partial charge in [-0.15, -0.1) is 0 Å². The molecule has 1 amide bonds. The average Bonchev–Trinajstić information content (AvgIpc) is 2.51. The van der Waals surface area contributed by atoms with Gasteiger partial charge < -0.3 is 10.1 Å². The lowest BCUT2D eigenvalue weighted by atomic mass is 9.92. The molecular weight excluding hydrogens is 278 g/mol. The fourth-order valence-electron chi connectivity index (χ4n) is 2.56. The molecule has 112 valence electrons. The number of carbonyl (C=O) groups is 2. The predicted octanol–water partition coefficient (Wildman–Crippen LogP) is 2.84. The van der Waals surface area contributed by atoms with Crippen LogP contribution in [0.25, 0.3) is 0 Å². The fourth-order valence-corrected chi connectivity index (χ4v) is 2.56. The van der Waals surface area contributed by atoms with Gasteiger partial charge >= 0.3 is 5.97 Å². The van der Waals surface area contributed by atoms with Crippen molar-refractivity contribution in [3.05, 3.63) is 65.3 Å². The molecule has 4 heteroatoms. The van der Waals surface area contributed by atoms with Gasteiger partial charge in [-0.3, -0.25) is 4.79 Å². The van der Waals surface area contributed by atoms with Crippen LogP contribution < -0.4 is 5.32 Å². The minimum absolute atomic E-state index is 0.0575. The quantitative estimate of drug-likeness (QED) is 0.674. The number of nitrogens with one attached hydrogen (secondary N) is 1. The third-order valence-corrected chi connectivity index (χ3v) is 4.04. The lowest BCUT2D eigenvalue weighted by Gasteiger charge is -2.27. The summed E-state index contributed by atoms with van der Waals surface area (Å²) in [6, 6.07) is 5.67. The maximum atomic E-state index is 12.4. The van der Waals surface area contributed by atoms with Gasteiger partial charge in [0.2, 0.25) is 0 Å². The van der Waals surface area contributed by atoms with E-state index in [-0.39, 0.29) is 17.6 Å². The van der Waals surface area contributed by atoms with Gasteiger partial charge in [-0.05, 0) is 37.1 Å². The Morgan fingerprint density at radius 3 is 2.77 bits per heavy atom. The Labute approximate surface area is 129 Å². The molecular formula is C18H17NO3. The Morgan fingerprint density at radius 1 is 1.18 bits per heavy atom. The first-order valence-electron chi connectivity index (χ1n) is 7.21. The molecule has 22 heavy (non-hydrogen) atoms. The van der Waals surface area contributed by atoms with Crippen molar-refractivity contribution in [1.29, 1.82) is 0 Å². The predicted molar refractivity (Wildman–Crippen MR) is 84.3 cm³/mol. The van der Waals surface area contributed by atoms with Crippen molar-refractivity contribution in [3.8, 4) is 0 Å². The van der Waals surface area contributed by atoms with Crippen LogP contribution in [0.2, 0.25) is 0 Å². The molecule has 2 atom stereocenters.